The molecule has 0 spiro atoms. The molecule has 1 aromatic rings. The van der Waals surface area contributed by atoms with Crippen LogP contribution in [0.4, 0.5) is 0 Å². The fourth-order valence-electron chi connectivity index (χ4n) is 10.4. The molecule has 0 aliphatic carbocycles. The van der Waals surface area contributed by atoms with E-state index in [0.29, 0.717) is 24.2 Å². The van der Waals surface area contributed by atoms with Crippen LogP contribution in [0.5, 0.6) is 5.75 Å². The Morgan fingerprint density at radius 3 is 2.03 bits per heavy atom. The zero-order chi connectivity index (χ0) is 58.6. The second-order valence-corrected chi connectivity index (χ2v) is 22.8. The summed E-state index contributed by atoms with van der Waals surface area (Å²) in [7, 11) is 4.28. The molecule has 3 fully saturated rings. The molecule has 3 aliphatic heterocycles. The van der Waals surface area contributed by atoms with E-state index in [9.17, 15) is 58.2 Å². The van der Waals surface area contributed by atoms with Crippen molar-refractivity contribution in [1.29, 1.82) is 0 Å². The van der Waals surface area contributed by atoms with Gasteiger partial charge in [0, 0.05) is 33.6 Å². The molecule has 0 saturated carbocycles. The number of nitrogens with one attached hydrogen (secondary N) is 3. The number of ether oxygens (including phenoxy) is 3. The number of hydrogen-bond acceptors (Lipinski definition) is 15. The second kappa shape index (κ2) is 28.6. The van der Waals surface area contributed by atoms with Gasteiger partial charge in [-0.3, -0.25) is 43.2 Å². The first-order valence-corrected chi connectivity index (χ1v) is 27.5. The molecule has 0 bridgehead atoms. The number of aliphatic hydroxyl groups is 2. The number of hydrogen-bond donors (Lipinski definition) is 5. The number of likely N-dealkylation sites (N-methyl/N-ethyl adjacent to an activating group) is 2. The molecule has 12 atom stereocenters. The van der Waals surface area contributed by atoms with Crippen molar-refractivity contribution in [3.8, 4) is 5.75 Å². The van der Waals surface area contributed by atoms with Crippen molar-refractivity contribution in [3.63, 3.8) is 0 Å². The van der Waals surface area contributed by atoms with Crippen LogP contribution in [0.3, 0.4) is 0 Å². The third-order valence-corrected chi connectivity index (χ3v) is 14.9. The fourth-order valence-corrected chi connectivity index (χ4v) is 10.4. The fraction of sp³-hybridized carbons (Fsp3) is 0.714. The smallest absolute Gasteiger partial charge is 0.329 e. The average Bonchev–Trinajstić information content (AvgIpc) is 4.08. The van der Waals surface area contributed by atoms with E-state index in [1.807, 2.05) is 27.7 Å². The van der Waals surface area contributed by atoms with Crippen LogP contribution in [0, 0.1) is 29.6 Å². The van der Waals surface area contributed by atoms with E-state index in [4.69, 9.17) is 14.2 Å². The maximum absolute atomic E-state index is 14.9. The number of amides is 7. The van der Waals surface area contributed by atoms with Gasteiger partial charge in [0.1, 0.15) is 54.2 Å². The zero-order valence-corrected chi connectivity index (χ0v) is 48.1. The highest BCUT2D eigenvalue weighted by Gasteiger charge is 2.46. The van der Waals surface area contributed by atoms with Gasteiger partial charge in [0.2, 0.25) is 35.4 Å². The van der Waals surface area contributed by atoms with Gasteiger partial charge < -0.3 is 60.0 Å². The lowest BCUT2D eigenvalue weighted by Crippen LogP contribution is -2.62. The summed E-state index contributed by atoms with van der Waals surface area (Å²) in [5, 5.41) is 30.0. The summed E-state index contributed by atoms with van der Waals surface area (Å²) in [5.74, 6) is -10.3. The second-order valence-electron chi connectivity index (χ2n) is 22.8. The first-order valence-electron chi connectivity index (χ1n) is 27.5. The van der Waals surface area contributed by atoms with Gasteiger partial charge in [0.25, 0.3) is 5.91 Å². The number of fused-ring (bicyclic) bond motifs is 1. The topological polar surface area (TPSA) is 288 Å². The predicted molar refractivity (Wildman–Crippen MR) is 286 cm³/mol. The number of carbonyl (C=O) groups excluding carboxylic acids is 10. The molecule has 78 heavy (non-hydrogen) atoms. The van der Waals surface area contributed by atoms with Gasteiger partial charge in [0.05, 0.1) is 31.6 Å². The molecule has 4 rings (SSSR count). The average molecular weight is 1100 g/mol. The number of esters is 2. The monoisotopic (exact) mass is 1100 g/mol. The van der Waals surface area contributed by atoms with E-state index in [1.54, 1.807) is 52.0 Å². The van der Waals surface area contributed by atoms with Gasteiger partial charge >= 0.3 is 11.9 Å². The van der Waals surface area contributed by atoms with Crippen LogP contribution in [0.15, 0.2) is 24.3 Å². The number of cyclic esters (lactones) is 2. The van der Waals surface area contributed by atoms with Crippen molar-refractivity contribution in [2.24, 2.45) is 29.6 Å². The van der Waals surface area contributed by atoms with Crippen molar-refractivity contribution < 1.29 is 72.4 Å². The lowest BCUT2D eigenvalue weighted by Gasteiger charge is -2.36. The van der Waals surface area contributed by atoms with Gasteiger partial charge in [-0.25, -0.2) is 4.79 Å². The van der Waals surface area contributed by atoms with Gasteiger partial charge in [-0.15, -0.1) is 0 Å². The van der Waals surface area contributed by atoms with Gasteiger partial charge in [-0.1, -0.05) is 67.5 Å². The molecule has 3 heterocycles. The lowest BCUT2D eigenvalue weighted by molar-refractivity contribution is -0.163. The molecule has 5 N–H and O–H groups in total. The first kappa shape index (κ1) is 64.4. The SMILES string of the molecule is COc1ccc(C[C@H]2C(=O)O[C@H](C)[C@H](NC(=O)C(CC(C)C)N(C)C(=O)[C@@H]3CCCN3C(=O)[C@H](C)O)C(=O)N[C@H](C(C)C)[C@@H](O)CC(=O)O[C@@H](C(C)C)C(=O)[C@H](C)C(=O)N[C@@H](CC(C)C)C(=O)N3CCCC3C(=O)N2C)cc1. The number of ketones is 1. The highest BCUT2D eigenvalue weighted by atomic mass is 16.6. The Bertz CT molecular complexity index is 2310. The summed E-state index contributed by atoms with van der Waals surface area (Å²) in [6.07, 6.45) is -5.36. The number of carbonyl (C=O) groups is 10. The van der Waals surface area contributed by atoms with Crippen LogP contribution < -0.4 is 20.7 Å². The number of benzene rings is 1. The molecular formula is C56H87N7O15. The van der Waals surface area contributed by atoms with E-state index >= 15 is 0 Å². The van der Waals surface area contributed by atoms with Crippen molar-refractivity contribution in [2.45, 2.75) is 194 Å². The lowest BCUT2D eigenvalue weighted by atomic mass is 9.92. The molecule has 0 aromatic heterocycles. The van der Waals surface area contributed by atoms with E-state index in [2.05, 4.69) is 16.0 Å². The van der Waals surface area contributed by atoms with E-state index < -0.39 is 150 Å². The minimum Gasteiger partial charge on any atom is -0.497 e. The predicted octanol–water partition coefficient (Wildman–Crippen LogP) is 1.93. The number of aliphatic hydroxyl groups excluding tert-OH is 2. The van der Waals surface area contributed by atoms with Crippen LogP contribution in [-0.4, -0.2) is 190 Å². The third kappa shape index (κ3) is 16.5. The Balaban J connectivity index is 1.87. The summed E-state index contributed by atoms with van der Waals surface area (Å²) >= 11 is 0. The van der Waals surface area contributed by atoms with Crippen molar-refractivity contribution in [1.82, 2.24) is 35.6 Å². The molecule has 0 radical (unpaired) electrons. The molecule has 7 amide bonds. The van der Waals surface area contributed by atoms with Crippen LogP contribution >= 0.6 is 0 Å². The standard InChI is InChI=1S/C56H87N7O15/c1-29(2)25-38-53(72)63-24-16-18-40(63)55(74)61(13)42(27-36-19-21-37(76-14)22-20-36)56(75)77-35(11)46(59-50(69)41(26-30(3)4)60(12)54(73)39-17-15-23-62(39)52(71)34(10)64)51(70)58-45(31(5)6)43(65)28-44(66)78-48(32(7)8)47(67)33(9)49(68)57-38/h19-22,29-35,38-43,45-46,48,64-65H,15-18,23-28H2,1-14H3,(H,57,68)(H,58,70)(H,59,69)/t33-,34-,35+,38-,39-,40?,41?,42-,43-,45+,46-,48-/m0/s1. The van der Waals surface area contributed by atoms with Gasteiger partial charge in [-0.2, -0.15) is 0 Å². The molecule has 436 valence electrons. The molecule has 3 saturated heterocycles. The molecule has 22 nitrogen and oxygen atoms in total. The first-order chi connectivity index (χ1) is 36.5. The third-order valence-electron chi connectivity index (χ3n) is 14.9. The Labute approximate surface area is 459 Å². The van der Waals surface area contributed by atoms with Gasteiger partial charge in [0.15, 0.2) is 11.9 Å². The quantitative estimate of drug-likeness (QED) is 0.131. The minimum absolute atomic E-state index is 0.0711. The van der Waals surface area contributed by atoms with E-state index in [0.717, 1.165) is 0 Å². The summed E-state index contributed by atoms with van der Waals surface area (Å²) in [4.78, 5) is 148. The largest absolute Gasteiger partial charge is 0.497 e. The van der Waals surface area contributed by atoms with Crippen molar-refractivity contribution >= 4 is 59.1 Å². The number of Topliss-reactive ketones (excluding diaryl/α,β-unsaturated/α-hetero) is 1. The molecule has 1 aromatic carbocycles. The maximum Gasteiger partial charge on any atom is 0.329 e. The van der Waals surface area contributed by atoms with Crippen LogP contribution in [0.2, 0.25) is 0 Å². The zero-order valence-electron chi connectivity index (χ0n) is 48.1. The Kier molecular flexibility index (Phi) is 23.6. The number of likely N-dealkylation sites (tertiary alicyclic amines) is 1. The molecular weight excluding hydrogens is 1010 g/mol. The number of rotatable bonds is 14. The molecule has 22 heteroatoms. The number of methoxy groups -OCH3 is 1. The Morgan fingerprint density at radius 2 is 1.46 bits per heavy atom. The highest BCUT2D eigenvalue weighted by Crippen LogP contribution is 2.27. The summed E-state index contributed by atoms with van der Waals surface area (Å²) in [6.45, 7) is 18.2. The summed E-state index contributed by atoms with van der Waals surface area (Å²) < 4.78 is 17.2. The highest BCUT2D eigenvalue weighted by molar-refractivity contribution is 6.05. The van der Waals surface area contributed by atoms with Crippen LogP contribution in [0.1, 0.15) is 127 Å². The maximum atomic E-state index is 14.9. The van der Waals surface area contributed by atoms with Crippen LogP contribution in [0.25, 0.3) is 0 Å². The normalized spacial score (nSPS) is 27.5. The van der Waals surface area contributed by atoms with Gasteiger partial charge in [-0.05, 0) is 101 Å². The van der Waals surface area contributed by atoms with Crippen LogP contribution in [-0.2, 0) is 63.8 Å². The summed E-state index contributed by atoms with van der Waals surface area (Å²) in [5.41, 5.74) is 0.569. The molecule has 2 unspecified atom stereocenters. The van der Waals surface area contributed by atoms with E-state index in [-0.39, 0.29) is 57.0 Å². The van der Waals surface area contributed by atoms with Crippen molar-refractivity contribution in [3.05, 3.63) is 29.8 Å². The Hall–Kier alpha value is -6.16. The Morgan fingerprint density at radius 1 is 0.833 bits per heavy atom. The van der Waals surface area contributed by atoms with E-state index in [1.165, 1.54) is 61.6 Å². The molecule has 3 aliphatic rings. The minimum atomic E-state index is -1.76. The number of nitrogens with zero attached hydrogens (tertiary/aromatic N) is 4. The van der Waals surface area contributed by atoms with Crippen molar-refractivity contribution in [2.75, 3.05) is 34.3 Å². The summed E-state index contributed by atoms with van der Waals surface area (Å²) in [6, 6.07) is -2.21.